The molecule has 0 aliphatic carbocycles. The first kappa shape index (κ1) is 11.7. The van der Waals surface area contributed by atoms with E-state index in [9.17, 15) is 8.78 Å². The maximum atomic E-state index is 13.2. The predicted octanol–water partition coefficient (Wildman–Crippen LogP) is 3.29. The second-order valence-electron chi connectivity index (χ2n) is 3.18. The van der Waals surface area contributed by atoms with Crippen molar-refractivity contribution in [3.05, 3.63) is 47.8 Å². The highest BCUT2D eigenvalue weighted by Gasteiger charge is 2.07. The number of ether oxygens (including phenoxy) is 1. The van der Waals surface area contributed by atoms with E-state index in [4.69, 9.17) is 16.3 Å². The van der Waals surface area contributed by atoms with Crippen LogP contribution in [0.5, 0.6) is 11.8 Å². The molecule has 0 aliphatic rings. The SMILES string of the molecule is Fc1ccc(Oc2ncc(CCl)cn2)c(F)c1. The van der Waals surface area contributed by atoms with Crippen molar-refractivity contribution in [1.29, 1.82) is 0 Å². The minimum absolute atomic E-state index is 0.0237. The second-order valence-corrected chi connectivity index (χ2v) is 3.45. The van der Waals surface area contributed by atoms with E-state index >= 15 is 0 Å². The fourth-order valence-corrected chi connectivity index (χ4v) is 1.26. The number of hydrogen-bond donors (Lipinski definition) is 0. The zero-order chi connectivity index (χ0) is 12.3. The average molecular weight is 257 g/mol. The van der Waals surface area contributed by atoms with Crippen molar-refractivity contribution in [3.63, 3.8) is 0 Å². The first-order valence-electron chi connectivity index (χ1n) is 4.69. The summed E-state index contributed by atoms with van der Waals surface area (Å²) >= 11 is 5.56. The van der Waals surface area contributed by atoms with Gasteiger partial charge in [-0.2, -0.15) is 0 Å². The largest absolute Gasteiger partial charge is 0.421 e. The van der Waals surface area contributed by atoms with Gasteiger partial charge in [0.1, 0.15) is 5.82 Å². The standard InChI is InChI=1S/C11H7ClF2N2O/c12-4-7-5-15-11(16-6-7)17-10-2-1-8(13)3-9(10)14/h1-3,5-6H,4H2. The summed E-state index contributed by atoms with van der Waals surface area (Å²) in [7, 11) is 0. The molecule has 2 rings (SSSR count). The van der Waals surface area contributed by atoms with Crippen molar-refractivity contribution >= 4 is 11.6 Å². The summed E-state index contributed by atoms with van der Waals surface area (Å²) in [4.78, 5) is 7.66. The molecule has 88 valence electrons. The quantitative estimate of drug-likeness (QED) is 0.791. The maximum absolute atomic E-state index is 13.2. The molecule has 0 atom stereocenters. The van der Waals surface area contributed by atoms with Crippen molar-refractivity contribution in [3.8, 4) is 11.8 Å². The number of rotatable bonds is 3. The highest BCUT2D eigenvalue weighted by Crippen LogP contribution is 2.22. The van der Waals surface area contributed by atoms with Crippen molar-refractivity contribution in [1.82, 2.24) is 9.97 Å². The Bertz CT molecular complexity index is 519. The van der Waals surface area contributed by atoms with Crippen LogP contribution in [0.15, 0.2) is 30.6 Å². The van der Waals surface area contributed by atoms with Crippen LogP contribution in [0.3, 0.4) is 0 Å². The molecular formula is C11H7ClF2N2O. The van der Waals surface area contributed by atoms with Crippen LogP contribution in [0.2, 0.25) is 0 Å². The zero-order valence-electron chi connectivity index (χ0n) is 8.53. The summed E-state index contributed by atoms with van der Waals surface area (Å²) in [6, 6.07) is 2.96. The van der Waals surface area contributed by atoms with Gasteiger partial charge in [0.25, 0.3) is 0 Å². The Balaban J connectivity index is 2.19. The molecule has 0 fully saturated rings. The number of aromatic nitrogens is 2. The second kappa shape index (κ2) is 5.05. The first-order valence-corrected chi connectivity index (χ1v) is 5.22. The molecule has 0 aliphatic heterocycles. The van der Waals surface area contributed by atoms with E-state index in [1.807, 2.05) is 0 Å². The number of halogens is 3. The maximum Gasteiger partial charge on any atom is 0.321 e. The molecule has 3 nitrogen and oxygen atoms in total. The Hall–Kier alpha value is -1.75. The fraction of sp³-hybridized carbons (Fsp3) is 0.0909. The molecule has 0 amide bonds. The molecule has 0 spiro atoms. The summed E-state index contributed by atoms with van der Waals surface area (Å²) in [6.07, 6.45) is 2.94. The molecule has 0 bridgehead atoms. The lowest BCUT2D eigenvalue weighted by atomic mass is 10.3. The number of hydrogen-bond acceptors (Lipinski definition) is 3. The molecule has 6 heteroatoms. The monoisotopic (exact) mass is 256 g/mol. The van der Waals surface area contributed by atoms with Gasteiger partial charge in [-0.05, 0) is 12.1 Å². The van der Waals surface area contributed by atoms with Crippen LogP contribution in [-0.2, 0) is 5.88 Å². The Labute approximate surface area is 101 Å². The van der Waals surface area contributed by atoms with Gasteiger partial charge in [0.15, 0.2) is 11.6 Å². The lowest BCUT2D eigenvalue weighted by molar-refractivity contribution is 0.407. The van der Waals surface area contributed by atoms with Gasteiger partial charge in [0.05, 0.1) is 5.88 Å². The van der Waals surface area contributed by atoms with Crippen molar-refractivity contribution < 1.29 is 13.5 Å². The van der Waals surface area contributed by atoms with Gasteiger partial charge in [-0.25, -0.2) is 18.7 Å². The highest BCUT2D eigenvalue weighted by atomic mass is 35.5. The number of benzene rings is 1. The van der Waals surface area contributed by atoms with E-state index in [-0.39, 0.29) is 17.6 Å². The van der Waals surface area contributed by atoms with Crippen molar-refractivity contribution in [2.75, 3.05) is 0 Å². The van der Waals surface area contributed by atoms with Crippen LogP contribution in [0, 0.1) is 11.6 Å². The van der Waals surface area contributed by atoms with Crippen LogP contribution < -0.4 is 4.74 Å². The van der Waals surface area contributed by atoms with E-state index in [2.05, 4.69) is 9.97 Å². The molecule has 0 saturated heterocycles. The summed E-state index contributed by atoms with van der Waals surface area (Å²) in [5.41, 5.74) is 0.721. The van der Waals surface area contributed by atoms with Crippen molar-refractivity contribution in [2.24, 2.45) is 0 Å². The molecule has 2 aromatic rings. The number of nitrogens with zero attached hydrogens (tertiary/aromatic N) is 2. The molecule has 1 aromatic carbocycles. The van der Waals surface area contributed by atoms with Crippen LogP contribution >= 0.6 is 11.6 Å². The lowest BCUT2D eigenvalue weighted by Crippen LogP contribution is -1.95. The first-order chi connectivity index (χ1) is 8.19. The zero-order valence-corrected chi connectivity index (χ0v) is 9.29. The smallest absolute Gasteiger partial charge is 0.321 e. The summed E-state index contributed by atoms with van der Waals surface area (Å²) in [6.45, 7) is 0. The molecule has 0 N–H and O–H groups in total. The highest BCUT2D eigenvalue weighted by molar-refractivity contribution is 6.17. The molecule has 0 unspecified atom stereocenters. The average Bonchev–Trinajstić information content (AvgIpc) is 2.34. The van der Waals surface area contributed by atoms with Gasteiger partial charge < -0.3 is 4.74 Å². The Morgan fingerprint density at radius 3 is 2.47 bits per heavy atom. The molecule has 17 heavy (non-hydrogen) atoms. The van der Waals surface area contributed by atoms with Gasteiger partial charge in [-0.15, -0.1) is 11.6 Å². The Kier molecular flexibility index (Phi) is 3.49. The lowest BCUT2D eigenvalue weighted by Gasteiger charge is -2.04. The van der Waals surface area contributed by atoms with E-state index in [1.54, 1.807) is 0 Å². The Morgan fingerprint density at radius 1 is 1.18 bits per heavy atom. The van der Waals surface area contributed by atoms with Gasteiger partial charge in [0.2, 0.25) is 0 Å². The predicted molar refractivity (Wildman–Crippen MR) is 58.0 cm³/mol. The molecule has 0 saturated carbocycles. The topological polar surface area (TPSA) is 35.0 Å². The van der Waals surface area contributed by atoms with Crippen LogP contribution in [0.1, 0.15) is 5.56 Å². The van der Waals surface area contributed by atoms with Crippen LogP contribution in [-0.4, -0.2) is 9.97 Å². The van der Waals surface area contributed by atoms with Gasteiger partial charge in [0, 0.05) is 24.0 Å². The summed E-state index contributed by atoms with van der Waals surface area (Å²) in [5, 5.41) is 0. The third-order valence-electron chi connectivity index (χ3n) is 1.93. The Morgan fingerprint density at radius 2 is 1.88 bits per heavy atom. The van der Waals surface area contributed by atoms with Crippen LogP contribution in [0.25, 0.3) is 0 Å². The van der Waals surface area contributed by atoms with E-state index < -0.39 is 11.6 Å². The van der Waals surface area contributed by atoms with Crippen LogP contribution in [0.4, 0.5) is 8.78 Å². The van der Waals surface area contributed by atoms with E-state index in [1.165, 1.54) is 18.5 Å². The fourth-order valence-electron chi connectivity index (χ4n) is 1.12. The summed E-state index contributed by atoms with van der Waals surface area (Å²) in [5.74, 6) is -1.33. The minimum atomic E-state index is -0.810. The number of alkyl halides is 1. The minimum Gasteiger partial charge on any atom is -0.421 e. The van der Waals surface area contributed by atoms with Gasteiger partial charge >= 0.3 is 6.01 Å². The van der Waals surface area contributed by atoms with Gasteiger partial charge in [-0.1, -0.05) is 0 Å². The van der Waals surface area contributed by atoms with E-state index in [0.717, 1.165) is 17.7 Å². The molecule has 1 heterocycles. The molecular weight excluding hydrogens is 250 g/mol. The molecule has 0 radical (unpaired) electrons. The molecule has 1 aromatic heterocycles. The normalized spacial score (nSPS) is 10.3. The van der Waals surface area contributed by atoms with Crippen molar-refractivity contribution in [2.45, 2.75) is 5.88 Å². The third-order valence-corrected chi connectivity index (χ3v) is 2.24. The third kappa shape index (κ3) is 2.88. The van der Waals surface area contributed by atoms with Gasteiger partial charge in [-0.3, -0.25) is 0 Å². The summed E-state index contributed by atoms with van der Waals surface area (Å²) < 4.78 is 30.9. The van der Waals surface area contributed by atoms with E-state index in [0.29, 0.717) is 0 Å².